The third-order valence-corrected chi connectivity index (χ3v) is 58.4. The molecule has 15 nitrogen and oxygen atoms in total. The molecule has 0 radical (unpaired) electrons. The third kappa shape index (κ3) is 24.5. The van der Waals surface area contributed by atoms with Crippen molar-refractivity contribution in [3.63, 3.8) is 0 Å². The van der Waals surface area contributed by atoms with Gasteiger partial charge in [-0.1, -0.05) is 109 Å². The zero-order chi connectivity index (χ0) is 66.2. The molecule has 87 heavy (non-hydrogen) atoms. The van der Waals surface area contributed by atoms with Gasteiger partial charge in [-0.05, 0) is 212 Å². The Labute approximate surface area is 540 Å². The van der Waals surface area contributed by atoms with Crippen LogP contribution in [-0.2, 0) is 51.4 Å². The quantitative estimate of drug-likeness (QED) is 0.0242. The highest BCUT2D eigenvalue weighted by Gasteiger charge is 2.59. The number of para-hydroxylation sites is 1. The van der Waals surface area contributed by atoms with Crippen LogP contribution in [0, 0.1) is 0 Å². The number of likely N-dealkylation sites (N-methyl/N-ethyl adjacent to an activating group) is 1. The van der Waals surface area contributed by atoms with Crippen LogP contribution >= 0.6 is 0 Å². The molecule has 2 aliphatic heterocycles. The van der Waals surface area contributed by atoms with Gasteiger partial charge >= 0.3 is 83.0 Å². The number of ether oxygens (including phenoxy) is 2. The highest BCUT2D eigenvalue weighted by atomic mass is 28.5. The summed E-state index contributed by atoms with van der Waals surface area (Å²) < 4.78 is 80.0. The maximum atomic E-state index is 12.5. The number of fused-ring (bicyclic) bond motifs is 4. The van der Waals surface area contributed by atoms with Gasteiger partial charge in [0.2, 0.25) is 5.72 Å². The van der Waals surface area contributed by atoms with Crippen molar-refractivity contribution in [2.75, 3.05) is 11.9 Å². The van der Waals surface area contributed by atoms with Gasteiger partial charge in [0, 0.05) is 24.5 Å². The van der Waals surface area contributed by atoms with E-state index in [1.54, 1.807) is 0 Å². The highest BCUT2D eigenvalue weighted by Crippen LogP contribution is 2.54. The van der Waals surface area contributed by atoms with Crippen LogP contribution in [0.15, 0.2) is 59.6 Å². The van der Waals surface area contributed by atoms with E-state index >= 15 is 0 Å². The Morgan fingerprint density at radius 2 is 0.897 bits per heavy atom. The lowest BCUT2D eigenvalue weighted by molar-refractivity contribution is -0.134. The number of hydrogen-bond acceptors (Lipinski definition) is 15. The predicted octanol–water partition coefficient (Wildman–Crippen LogP) is 19.2. The molecular weight excluding hydrogens is 1280 g/mol. The molecule has 5 rings (SSSR count). The summed E-state index contributed by atoms with van der Waals surface area (Å²) in [4.78, 5) is 19.7. The number of nitrogens with zero attached hydrogens (tertiary/aromatic N) is 2. The first-order valence-electron chi connectivity index (χ1n) is 32.4. The summed E-state index contributed by atoms with van der Waals surface area (Å²) in [5.74, 6) is 1.11. The van der Waals surface area contributed by atoms with Crippen molar-refractivity contribution in [1.29, 1.82) is 0 Å². The smallest absolute Gasteiger partial charge is 0.314 e. The Hall–Kier alpha value is -1.35. The molecule has 3 aromatic carbocycles. The minimum atomic E-state index is -2.69. The molecule has 0 amide bonds. The zero-order valence-corrected chi connectivity index (χ0v) is 70.7. The van der Waals surface area contributed by atoms with Crippen LogP contribution in [0.1, 0.15) is 111 Å². The lowest BCUT2D eigenvalue weighted by Gasteiger charge is -2.45. The van der Waals surface area contributed by atoms with Crippen LogP contribution in [0.3, 0.4) is 0 Å². The monoisotopic (exact) mass is 1400 g/mol. The van der Waals surface area contributed by atoms with Crippen LogP contribution in [-0.4, -0.2) is 119 Å². The van der Waals surface area contributed by atoms with Crippen LogP contribution in [0.25, 0.3) is 10.8 Å². The molecule has 0 N–H and O–H groups in total. The van der Waals surface area contributed by atoms with Crippen molar-refractivity contribution >= 4 is 128 Å². The van der Waals surface area contributed by atoms with E-state index in [4.69, 9.17) is 55.6 Å². The molecule has 2 heterocycles. The minimum Gasteiger partial charge on any atom is -0.459 e. The molecule has 0 fully saturated rings. The molecule has 0 saturated heterocycles. The maximum Gasteiger partial charge on any atom is 0.314 e. The van der Waals surface area contributed by atoms with E-state index in [1.807, 2.05) is 36.5 Å². The fourth-order valence-electron chi connectivity index (χ4n) is 13.0. The molecule has 0 bridgehead atoms. The van der Waals surface area contributed by atoms with E-state index in [0.717, 1.165) is 52.8 Å². The van der Waals surface area contributed by atoms with E-state index in [0.29, 0.717) is 12.2 Å². The fourth-order valence-corrected chi connectivity index (χ4v) is 68.6. The number of carbonyl (C=O) groups is 1. The van der Waals surface area contributed by atoms with Crippen molar-refractivity contribution in [1.82, 2.24) is 0 Å². The summed E-state index contributed by atoms with van der Waals surface area (Å²) in [5.41, 5.74) is 2.13. The number of esters is 1. The lowest BCUT2D eigenvalue weighted by Crippen LogP contribution is -2.62. The van der Waals surface area contributed by atoms with Crippen molar-refractivity contribution in [2.24, 2.45) is 4.99 Å². The lowest BCUT2D eigenvalue weighted by atomic mass is 9.77. The number of unbranched alkanes of at least 4 members (excludes halogenated alkanes) is 8. The summed E-state index contributed by atoms with van der Waals surface area (Å²) in [6, 6.07) is 20.4. The summed E-state index contributed by atoms with van der Waals surface area (Å²) in [5, 5.41) is 1.95. The maximum absolute atomic E-state index is 12.5. The first kappa shape index (κ1) is 78.1. The van der Waals surface area contributed by atoms with E-state index < -0.39 is 99.4 Å². The van der Waals surface area contributed by atoms with Crippen molar-refractivity contribution in [3.8, 4) is 11.5 Å². The van der Waals surface area contributed by atoms with Crippen molar-refractivity contribution in [2.45, 2.75) is 273 Å². The van der Waals surface area contributed by atoms with Crippen molar-refractivity contribution in [3.05, 3.63) is 60.2 Å². The molecular formula is C61H120N2O13Si11. The van der Waals surface area contributed by atoms with Gasteiger partial charge in [-0.15, -0.1) is 0 Å². The number of benzene rings is 3. The van der Waals surface area contributed by atoms with E-state index in [9.17, 15) is 4.79 Å². The summed E-state index contributed by atoms with van der Waals surface area (Å²) in [6.07, 6.45) is 14.4. The van der Waals surface area contributed by atoms with E-state index in [-0.39, 0.29) is 11.4 Å². The van der Waals surface area contributed by atoms with E-state index in [1.165, 1.54) is 56.9 Å². The number of carbonyl (C=O) groups excluding carboxylic acids is 1. The van der Waals surface area contributed by atoms with Gasteiger partial charge in [0.25, 0.3) is 0 Å². The third-order valence-electron chi connectivity index (χ3n) is 15.3. The molecule has 1 unspecified atom stereocenters. The molecule has 26 heteroatoms. The molecule has 0 aliphatic carbocycles. The molecule has 0 saturated carbocycles. The summed E-state index contributed by atoms with van der Waals surface area (Å²) in [7, 11) is -24.7. The molecule has 496 valence electrons. The highest BCUT2D eigenvalue weighted by molar-refractivity contribution is 6.93. The second-order valence-electron chi connectivity index (χ2n) is 29.8. The van der Waals surface area contributed by atoms with Gasteiger partial charge in [-0.25, -0.2) is 0 Å². The number of rotatable bonds is 34. The second kappa shape index (κ2) is 30.4. The average Bonchev–Trinajstić information content (AvgIpc) is 1.58. The standard InChI is InChI=1S/C33H40N2O3.C28H80O10Si11/c1-5-6-7-8-9-10-11-12-17-30(36)37-25-20-18-24-19-21-29-31(26(24)22-25)34-23-33(38-29)32(2,3)27-15-13-14-16-28(27)35(33)4;1-25-27-28-40(5,6)30-42(9,10)32-44(13,14)34-46(17,18)36-48(21,22)38-49(23,24)37-47(19,20)35-45(15,16)33-43(11,12)31-41(7,8)29-39(3,4)26-2/h13-16,18-23H,5-12,17H2,1-4H3;25-28H2,1-24H3. The first-order chi connectivity index (χ1) is 39.6. The Kier molecular flexibility index (Phi) is 27.3. The zero-order valence-electron chi connectivity index (χ0n) is 59.7. The van der Waals surface area contributed by atoms with Gasteiger partial charge in [0.15, 0.2) is 16.6 Å². The van der Waals surface area contributed by atoms with Gasteiger partial charge in [-0.3, -0.25) is 9.79 Å². The van der Waals surface area contributed by atoms with Crippen molar-refractivity contribution < 1.29 is 55.4 Å². The SMILES string of the molecule is CCCCCCCCCCC(=O)Oc1ccc2ccc3c(c2c1)N=CC1(O3)N(C)c2ccccc2C1(C)C.CCCC[Si](C)(C)O[Si](C)(C)O[Si](C)(C)O[Si](C)(C)O[Si](C)(C)O[Si](C)(C)O[Si](C)(C)O[Si](C)(C)O[Si](C)(C)O[Si](C)(C)O[Si](C)(C)CC. The number of hydrogen-bond donors (Lipinski definition) is 0. The van der Waals surface area contributed by atoms with Gasteiger partial charge < -0.3 is 55.5 Å². The molecule has 2 aliphatic rings. The number of aliphatic imine (C=N–C) groups is 1. The van der Waals surface area contributed by atoms with Crippen LogP contribution in [0.4, 0.5) is 11.4 Å². The largest absolute Gasteiger partial charge is 0.459 e. The van der Waals surface area contributed by atoms with Gasteiger partial charge in [0.05, 0.1) is 11.6 Å². The fraction of sp³-hybridized carbons (Fsp3) is 0.705. The molecule has 3 aromatic rings. The van der Waals surface area contributed by atoms with Gasteiger partial charge in [-0.2, -0.15) is 0 Å². The summed E-state index contributed by atoms with van der Waals surface area (Å²) in [6.45, 7) is 58.0. The number of anilines is 1. The Bertz CT molecular complexity index is 2760. The second-order valence-corrected chi connectivity index (χ2v) is 71.5. The van der Waals surface area contributed by atoms with Crippen LogP contribution in [0.2, 0.25) is 156 Å². The topological polar surface area (TPSA) is 143 Å². The minimum absolute atomic E-state index is 0.175. The Morgan fingerprint density at radius 3 is 1.33 bits per heavy atom. The van der Waals surface area contributed by atoms with Crippen LogP contribution < -0.4 is 14.4 Å². The predicted molar refractivity (Wildman–Crippen MR) is 390 cm³/mol. The summed E-state index contributed by atoms with van der Waals surface area (Å²) >= 11 is 0. The van der Waals surface area contributed by atoms with E-state index in [2.05, 4.69) is 215 Å². The van der Waals surface area contributed by atoms with Gasteiger partial charge in [0.1, 0.15) is 17.2 Å². The molecule has 0 aromatic heterocycles. The average molecular weight is 1400 g/mol. The Morgan fingerprint density at radius 1 is 0.494 bits per heavy atom. The molecule has 1 spiro atoms. The molecule has 1 atom stereocenters. The first-order valence-corrected chi connectivity index (χ1v) is 64.0. The Balaban J connectivity index is 0.000000382. The normalized spacial score (nSPS) is 17.1. The van der Waals surface area contributed by atoms with Crippen LogP contribution in [0.5, 0.6) is 11.5 Å².